The molecule has 1 atom stereocenters. The molecule has 0 heterocycles. The van der Waals surface area contributed by atoms with Gasteiger partial charge in [-0.3, -0.25) is 4.57 Å². The average molecular weight is 236 g/mol. The van der Waals surface area contributed by atoms with Gasteiger partial charge in [-0.1, -0.05) is 20.4 Å². The standard InChI is InChI=1S/C10H21O4P/c1-6-10(11,9(4)5)15(12,13-7-2)14-8-3/h6,9,11H,1,7-8H2,2-5H3. The quantitative estimate of drug-likeness (QED) is 0.545. The summed E-state index contributed by atoms with van der Waals surface area (Å²) < 4.78 is 22.5. The molecule has 0 radical (unpaired) electrons. The maximum atomic E-state index is 12.3. The van der Waals surface area contributed by atoms with E-state index < -0.39 is 12.9 Å². The predicted octanol–water partition coefficient (Wildman–Crippen LogP) is 2.78. The first-order chi connectivity index (χ1) is 6.88. The number of aliphatic hydroxyl groups is 1. The molecule has 0 aromatic heterocycles. The molecule has 0 aliphatic carbocycles. The zero-order valence-electron chi connectivity index (χ0n) is 9.90. The molecule has 0 aliphatic rings. The minimum absolute atomic E-state index is 0.222. The van der Waals surface area contributed by atoms with Gasteiger partial charge in [0, 0.05) is 0 Å². The largest absolute Gasteiger partial charge is 0.373 e. The summed E-state index contributed by atoms with van der Waals surface area (Å²) in [6, 6.07) is 0. The maximum absolute atomic E-state index is 12.3. The Morgan fingerprint density at radius 1 is 1.40 bits per heavy atom. The SMILES string of the molecule is C=CC(O)(C(C)C)P(=O)(OCC)OCC. The van der Waals surface area contributed by atoms with Crippen molar-refractivity contribution < 1.29 is 18.7 Å². The highest BCUT2D eigenvalue weighted by Gasteiger charge is 2.49. The fourth-order valence-electron chi connectivity index (χ4n) is 1.25. The third kappa shape index (κ3) is 2.91. The molecule has 0 saturated heterocycles. The van der Waals surface area contributed by atoms with E-state index in [4.69, 9.17) is 9.05 Å². The van der Waals surface area contributed by atoms with Crippen LogP contribution < -0.4 is 0 Å². The van der Waals surface area contributed by atoms with Crippen molar-refractivity contribution >= 4 is 7.60 Å². The lowest BCUT2D eigenvalue weighted by Gasteiger charge is -2.34. The van der Waals surface area contributed by atoms with Crippen LogP contribution in [0.15, 0.2) is 12.7 Å². The molecule has 0 rings (SSSR count). The summed E-state index contributed by atoms with van der Waals surface area (Å²) >= 11 is 0. The topological polar surface area (TPSA) is 55.8 Å². The van der Waals surface area contributed by atoms with Crippen LogP contribution in [-0.2, 0) is 13.6 Å². The Bertz CT molecular complexity index is 242. The minimum atomic E-state index is -3.56. The Balaban J connectivity index is 5.19. The Hall–Kier alpha value is -0.150. The Labute approximate surface area is 91.8 Å². The van der Waals surface area contributed by atoms with E-state index in [1.165, 1.54) is 6.08 Å². The van der Waals surface area contributed by atoms with Crippen molar-refractivity contribution in [1.29, 1.82) is 0 Å². The van der Waals surface area contributed by atoms with Gasteiger partial charge >= 0.3 is 7.60 Å². The Morgan fingerprint density at radius 3 is 2.00 bits per heavy atom. The van der Waals surface area contributed by atoms with Crippen LogP contribution in [0.25, 0.3) is 0 Å². The van der Waals surface area contributed by atoms with Crippen LogP contribution in [0.3, 0.4) is 0 Å². The van der Waals surface area contributed by atoms with Crippen LogP contribution in [0.2, 0.25) is 0 Å². The van der Waals surface area contributed by atoms with E-state index in [1.54, 1.807) is 27.7 Å². The third-order valence-electron chi connectivity index (χ3n) is 2.19. The molecule has 1 N–H and O–H groups in total. The molecule has 5 heteroatoms. The van der Waals surface area contributed by atoms with E-state index >= 15 is 0 Å². The van der Waals surface area contributed by atoms with Gasteiger partial charge in [-0.25, -0.2) is 0 Å². The Kier molecular flexibility index (Phi) is 5.75. The summed E-state index contributed by atoms with van der Waals surface area (Å²) in [7, 11) is -3.56. The van der Waals surface area contributed by atoms with E-state index in [2.05, 4.69) is 6.58 Å². The molecule has 0 spiro atoms. The van der Waals surface area contributed by atoms with Gasteiger partial charge in [-0.2, -0.15) is 0 Å². The lowest BCUT2D eigenvalue weighted by molar-refractivity contribution is 0.0690. The van der Waals surface area contributed by atoms with Crippen molar-refractivity contribution in [2.75, 3.05) is 13.2 Å². The summed E-state index contributed by atoms with van der Waals surface area (Å²) in [6.07, 6.45) is 1.24. The van der Waals surface area contributed by atoms with E-state index in [0.29, 0.717) is 0 Å². The lowest BCUT2D eigenvalue weighted by atomic mass is 10.1. The normalized spacial score (nSPS) is 16.4. The number of rotatable bonds is 7. The van der Waals surface area contributed by atoms with E-state index in [-0.39, 0.29) is 19.1 Å². The van der Waals surface area contributed by atoms with E-state index in [0.717, 1.165) is 0 Å². The summed E-state index contributed by atoms with van der Waals surface area (Å²) in [4.78, 5) is 0. The van der Waals surface area contributed by atoms with Gasteiger partial charge < -0.3 is 14.2 Å². The van der Waals surface area contributed by atoms with Crippen LogP contribution in [0.5, 0.6) is 0 Å². The molecule has 0 bridgehead atoms. The molecule has 15 heavy (non-hydrogen) atoms. The molecule has 1 unspecified atom stereocenters. The molecular formula is C10H21O4P. The van der Waals surface area contributed by atoms with Crippen LogP contribution in [-0.4, -0.2) is 23.7 Å². The fourth-order valence-corrected chi connectivity index (χ4v) is 3.27. The van der Waals surface area contributed by atoms with Crippen LogP contribution in [0.4, 0.5) is 0 Å². The predicted molar refractivity (Wildman–Crippen MR) is 60.8 cm³/mol. The summed E-state index contributed by atoms with van der Waals surface area (Å²) in [5.74, 6) is -0.293. The van der Waals surface area contributed by atoms with Crippen molar-refractivity contribution in [2.45, 2.75) is 33.0 Å². The van der Waals surface area contributed by atoms with Crippen molar-refractivity contribution in [3.8, 4) is 0 Å². The maximum Gasteiger partial charge on any atom is 0.366 e. The second-order valence-electron chi connectivity index (χ2n) is 3.47. The van der Waals surface area contributed by atoms with Crippen molar-refractivity contribution in [3.63, 3.8) is 0 Å². The molecular weight excluding hydrogens is 215 g/mol. The minimum Gasteiger partial charge on any atom is -0.373 e. The van der Waals surface area contributed by atoms with Crippen molar-refractivity contribution in [3.05, 3.63) is 12.7 Å². The molecule has 0 aromatic rings. The van der Waals surface area contributed by atoms with E-state index in [9.17, 15) is 9.67 Å². The summed E-state index contributed by atoms with van der Waals surface area (Å²) in [6.45, 7) is 10.8. The van der Waals surface area contributed by atoms with Gasteiger partial charge in [0.05, 0.1) is 13.2 Å². The monoisotopic (exact) mass is 236 g/mol. The van der Waals surface area contributed by atoms with Crippen LogP contribution in [0, 0.1) is 5.92 Å². The molecule has 0 aromatic carbocycles. The zero-order valence-corrected chi connectivity index (χ0v) is 10.8. The molecule has 0 fully saturated rings. The fraction of sp³-hybridized carbons (Fsp3) is 0.800. The van der Waals surface area contributed by atoms with Gasteiger partial charge in [-0.05, 0) is 25.8 Å². The summed E-state index contributed by atoms with van der Waals surface area (Å²) in [5, 5.41) is 8.62. The molecule has 4 nitrogen and oxygen atoms in total. The van der Waals surface area contributed by atoms with Crippen molar-refractivity contribution in [1.82, 2.24) is 0 Å². The van der Waals surface area contributed by atoms with Gasteiger partial charge in [0.25, 0.3) is 0 Å². The average Bonchev–Trinajstić information content (AvgIpc) is 2.16. The number of hydrogen-bond donors (Lipinski definition) is 1. The lowest BCUT2D eigenvalue weighted by Crippen LogP contribution is -2.34. The first kappa shape index (κ1) is 14.8. The third-order valence-corrected chi connectivity index (χ3v) is 4.96. The van der Waals surface area contributed by atoms with Gasteiger partial charge in [0.1, 0.15) is 0 Å². The van der Waals surface area contributed by atoms with Gasteiger partial charge in [-0.15, -0.1) is 0 Å². The zero-order chi connectivity index (χ0) is 12.1. The van der Waals surface area contributed by atoms with Crippen LogP contribution in [0.1, 0.15) is 27.7 Å². The highest BCUT2D eigenvalue weighted by molar-refractivity contribution is 7.55. The van der Waals surface area contributed by atoms with Gasteiger partial charge in [0.15, 0.2) is 5.34 Å². The highest BCUT2D eigenvalue weighted by atomic mass is 31.2. The summed E-state index contributed by atoms with van der Waals surface area (Å²) in [5.41, 5.74) is 0. The molecule has 0 aliphatic heterocycles. The Morgan fingerprint density at radius 2 is 1.80 bits per heavy atom. The van der Waals surface area contributed by atoms with Crippen molar-refractivity contribution in [2.24, 2.45) is 5.92 Å². The van der Waals surface area contributed by atoms with E-state index in [1.807, 2.05) is 0 Å². The molecule has 90 valence electrons. The van der Waals surface area contributed by atoms with Gasteiger partial charge in [0.2, 0.25) is 0 Å². The highest BCUT2D eigenvalue weighted by Crippen LogP contribution is 2.62. The first-order valence-electron chi connectivity index (χ1n) is 5.13. The number of hydrogen-bond acceptors (Lipinski definition) is 4. The first-order valence-corrected chi connectivity index (χ1v) is 6.67. The molecule has 0 saturated carbocycles. The second kappa shape index (κ2) is 5.80. The van der Waals surface area contributed by atoms with Crippen LogP contribution >= 0.6 is 7.60 Å². The second-order valence-corrected chi connectivity index (χ2v) is 5.70. The molecule has 0 amide bonds. The smallest absolute Gasteiger partial charge is 0.366 e.